The van der Waals surface area contributed by atoms with Gasteiger partial charge in [0.25, 0.3) is 0 Å². The molecular weight excluding hydrogens is 274 g/mol. The molecule has 0 radical (unpaired) electrons. The van der Waals surface area contributed by atoms with E-state index in [4.69, 9.17) is 15.0 Å². The second kappa shape index (κ2) is 5.55. The number of hydrogen-bond acceptors (Lipinski definition) is 6. The van der Waals surface area contributed by atoms with Crippen LogP contribution in [-0.2, 0) is 16.0 Å². The van der Waals surface area contributed by atoms with E-state index in [0.717, 1.165) is 6.42 Å². The van der Waals surface area contributed by atoms with Crippen molar-refractivity contribution in [2.45, 2.75) is 29.5 Å². The Kier molecular flexibility index (Phi) is 3.78. The molecule has 0 saturated carbocycles. The van der Waals surface area contributed by atoms with Gasteiger partial charge in [0.05, 0.1) is 12.4 Å². The fraction of sp³-hybridized carbons (Fsp3) is 0.429. The van der Waals surface area contributed by atoms with Crippen molar-refractivity contribution in [3.63, 3.8) is 0 Å². The number of nitrogens with zero attached hydrogens (tertiary/aromatic N) is 2. The number of rotatable bonds is 4. The number of aryl methyl sites for hydroxylation is 1. The Morgan fingerprint density at radius 3 is 3.10 bits per heavy atom. The zero-order valence-electron chi connectivity index (χ0n) is 11.3. The summed E-state index contributed by atoms with van der Waals surface area (Å²) in [7, 11) is 0. The number of benzene rings is 1. The first-order valence-corrected chi connectivity index (χ1v) is 7.53. The Bertz CT molecular complexity index is 594. The zero-order chi connectivity index (χ0) is 14.0. The lowest BCUT2D eigenvalue weighted by Gasteiger charge is -2.14. The predicted molar refractivity (Wildman–Crippen MR) is 76.3 cm³/mol. The van der Waals surface area contributed by atoms with Crippen molar-refractivity contribution in [3.05, 3.63) is 41.5 Å². The normalized spacial score (nSPS) is 22.3. The van der Waals surface area contributed by atoms with Crippen LogP contribution in [0, 0.1) is 6.92 Å². The number of thioether (sulfide) groups is 1. The van der Waals surface area contributed by atoms with Crippen LogP contribution in [0.25, 0.3) is 0 Å². The molecule has 1 unspecified atom stereocenters. The first-order valence-electron chi connectivity index (χ1n) is 6.55. The number of hydrogen-bond donors (Lipinski definition) is 1. The molecule has 0 amide bonds. The van der Waals surface area contributed by atoms with E-state index >= 15 is 0 Å². The average molecular weight is 291 g/mol. The highest BCUT2D eigenvalue weighted by molar-refractivity contribution is 7.98. The number of aromatic nitrogens is 2. The lowest BCUT2D eigenvalue weighted by atomic mass is 10.0. The van der Waals surface area contributed by atoms with Crippen LogP contribution in [0.5, 0.6) is 0 Å². The first kappa shape index (κ1) is 13.6. The van der Waals surface area contributed by atoms with Crippen molar-refractivity contribution in [1.82, 2.24) is 10.1 Å². The van der Waals surface area contributed by atoms with Crippen LogP contribution < -0.4 is 5.73 Å². The number of nitrogens with two attached hydrogens (primary N) is 1. The maximum absolute atomic E-state index is 6.19. The van der Waals surface area contributed by atoms with Crippen LogP contribution in [0.1, 0.15) is 23.7 Å². The van der Waals surface area contributed by atoms with Gasteiger partial charge in [0.2, 0.25) is 5.89 Å². The van der Waals surface area contributed by atoms with Crippen LogP contribution in [0.3, 0.4) is 0 Å². The minimum atomic E-state index is -0.612. The Hall–Kier alpha value is -1.37. The van der Waals surface area contributed by atoms with Gasteiger partial charge in [-0.15, -0.1) is 11.8 Å². The highest BCUT2D eigenvalue weighted by atomic mass is 32.2. The van der Waals surface area contributed by atoms with Crippen LogP contribution in [0.4, 0.5) is 0 Å². The van der Waals surface area contributed by atoms with Crippen LogP contribution in [-0.4, -0.2) is 23.4 Å². The quantitative estimate of drug-likeness (QED) is 0.871. The largest absolute Gasteiger partial charge is 0.379 e. The Morgan fingerprint density at radius 1 is 1.45 bits per heavy atom. The summed E-state index contributed by atoms with van der Waals surface area (Å²) in [6.07, 6.45) is 0.722. The molecule has 1 atom stereocenters. The van der Waals surface area contributed by atoms with E-state index < -0.39 is 5.54 Å². The topological polar surface area (TPSA) is 74.2 Å². The molecule has 3 rings (SSSR count). The monoisotopic (exact) mass is 291 g/mol. The summed E-state index contributed by atoms with van der Waals surface area (Å²) in [6, 6.07) is 8.34. The summed E-state index contributed by atoms with van der Waals surface area (Å²) in [5.74, 6) is 1.82. The fourth-order valence-electron chi connectivity index (χ4n) is 2.12. The van der Waals surface area contributed by atoms with Crippen molar-refractivity contribution in [1.29, 1.82) is 0 Å². The maximum Gasteiger partial charge on any atom is 0.249 e. The Balaban J connectivity index is 1.65. The van der Waals surface area contributed by atoms with Crippen molar-refractivity contribution in [2.24, 2.45) is 5.73 Å². The van der Waals surface area contributed by atoms with Crippen molar-refractivity contribution in [3.8, 4) is 0 Å². The van der Waals surface area contributed by atoms with E-state index in [1.54, 1.807) is 11.8 Å². The highest BCUT2D eigenvalue weighted by Gasteiger charge is 2.38. The van der Waals surface area contributed by atoms with Crippen LogP contribution in [0.15, 0.2) is 33.7 Å². The summed E-state index contributed by atoms with van der Waals surface area (Å²) in [4.78, 5) is 5.60. The van der Waals surface area contributed by atoms with Gasteiger partial charge < -0.3 is 15.0 Å². The highest BCUT2D eigenvalue weighted by Crippen LogP contribution is 2.28. The smallest absolute Gasteiger partial charge is 0.249 e. The molecule has 2 heterocycles. The summed E-state index contributed by atoms with van der Waals surface area (Å²) < 4.78 is 10.6. The summed E-state index contributed by atoms with van der Waals surface area (Å²) >= 11 is 1.69. The molecule has 2 N–H and O–H groups in total. The lowest BCUT2D eigenvalue weighted by Crippen LogP contribution is -2.37. The molecule has 1 aromatic carbocycles. The molecule has 0 bridgehead atoms. The van der Waals surface area contributed by atoms with Gasteiger partial charge in [0, 0.05) is 11.5 Å². The molecule has 20 heavy (non-hydrogen) atoms. The molecule has 2 aromatic rings. The molecular formula is C14H17N3O2S. The van der Waals surface area contributed by atoms with E-state index in [0.29, 0.717) is 30.7 Å². The van der Waals surface area contributed by atoms with Crippen LogP contribution in [0.2, 0.25) is 0 Å². The predicted octanol–water partition coefficient (Wildman–Crippen LogP) is 2.24. The minimum absolute atomic E-state index is 0.444. The van der Waals surface area contributed by atoms with E-state index in [1.807, 2.05) is 6.07 Å². The third kappa shape index (κ3) is 2.87. The van der Waals surface area contributed by atoms with Gasteiger partial charge in [-0.3, -0.25) is 0 Å². The van der Waals surface area contributed by atoms with E-state index in [-0.39, 0.29) is 0 Å². The Labute approximate surface area is 121 Å². The lowest BCUT2D eigenvalue weighted by molar-refractivity contribution is 0.166. The Morgan fingerprint density at radius 2 is 2.35 bits per heavy atom. The fourth-order valence-corrected chi connectivity index (χ4v) is 2.97. The van der Waals surface area contributed by atoms with Gasteiger partial charge in [-0.25, -0.2) is 0 Å². The summed E-state index contributed by atoms with van der Waals surface area (Å²) in [5.41, 5.74) is 6.82. The molecule has 0 aliphatic carbocycles. The van der Waals surface area contributed by atoms with E-state index in [9.17, 15) is 0 Å². The minimum Gasteiger partial charge on any atom is -0.379 e. The van der Waals surface area contributed by atoms with E-state index in [1.165, 1.54) is 10.5 Å². The molecule has 1 saturated heterocycles. The third-order valence-electron chi connectivity index (χ3n) is 3.30. The first-order chi connectivity index (χ1) is 9.66. The SMILES string of the molecule is Cc1cccc(SCc2noc(C3(N)CCOC3)n2)c1. The molecule has 1 aromatic heterocycles. The van der Waals surface area contributed by atoms with E-state index in [2.05, 4.69) is 35.3 Å². The van der Waals surface area contributed by atoms with Gasteiger partial charge in [0.15, 0.2) is 5.82 Å². The summed E-state index contributed by atoms with van der Waals surface area (Å²) in [5, 5.41) is 4.00. The molecule has 1 aliphatic rings. The van der Waals surface area contributed by atoms with Crippen molar-refractivity contribution < 1.29 is 9.26 Å². The second-order valence-corrected chi connectivity index (χ2v) is 6.13. The van der Waals surface area contributed by atoms with Crippen molar-refractivity contribution in [2.75, 3.05) is 13.2 Å². The molecule has 1 fully saturated rings. The van der Waals surface area contributed by atoms with Gasteiger partial charge in [-0.2, -0.15) is 4.98 Å². The molecule has 0 spiro atoms. The van der Waals surface area contributed by atoms with Gasteiger partial charge in [0.1, 0.15) is 5.54 Å². The molecule has 5 nitrogen and oxygen atoms in total. The second-order valence-electron chi connectivity index (χ2n) is 5.08. The maximum atomic E-state index is 6.19. The third-order valence-corrected chi connectivity index (χ3v) is 4.29. The van der Waals surface area contributed by atoms with Crippen molar-refractivity contribution >= 4 is 11.8 Å². The molecule has 6 heteroatoms. The molecule has 106 valence electrons. The zero-order valence-corrected chi connectivity index (χ0v) is 12.2. The van der Waals surface area contributed by atoms with Gasteiger partial charge in [-0.05, 0) is 25.5 Å². The van der Waals surface area contributed by atoms with Gasteiger partial charge >= 0.3 is 0 Å². The summed E-state index contributed by atoms with van der Waals surface area (Å²) in [6.45, 7) is 3.17. The van der Waals surface area contributed by atoms with Gasteiger partial charge in [-0.1, -0.05) is 22.9 Å². The number of ether oxygens (including phenoxy) is 1. The van der Waals surface area contributed by atoms with Crippen LogP contribution >= 0.6 is 11.8 Å². The standard InChI is InChI=1S/C14H17N3O2S/c1-10-3-2-4-11(7-10)20-8-12-16-13(19-17-12)14(15)5-6-18-9-14/h2-4,7H,5-6,8-9,15H2,1H3. The average Bonchev–Trinajstić information content (AvgIpc) is 3.06. The molecule has 1 aliphatic heterocycles.